The predicted octanol–water partition coefficient (Wildman–Crippen LogP) is 3.88. The van der Waals surface area contributed by atoms with Crippen LogP contribution in [0.15, 0.2) is 37.5 Å². The van der Waals surface area contributed by atoms with Gasteiger partial charge in [0.1, 0.15) is 0 Å². The Hall–Kier alpha value is -1.35. The van der Waals surface area contributed by atoms with E-state index < -0.39 is 5.97 Å². The molecule has 0 aromatic rings. The first-order valence-corrected chi connectivity index (χ1v) is 7.28. The molecule has 0 aromatic carbocycles. The van der Waals surface area contributed by atoms with Crippen molar-refractivity contribution in [2.75, 3.05) is 6.54 Å². The molecule has 3 heteroatoms. The quantitative estimate of drug-likeness (QED) is 0.583. The number of carboxylic acid groups (broad SMARTS) is 1. The van der Waals surface area contributed by atoms with Gasteiger partial charge in [-0.05, 0) is 39.5 Å². The van der Waals surface area contributed by atoms with Crippen LogP contribution in [0.2, 0.25) is 0 Å². The second-order valence-corrected chi connectivity index (χ2v) is 5.33. The number of hydrogen-bond donors (Lipinski definition) is 1. The molecule has 0 amide bonds. The third-order valence-corrected chi connectivity index (χ3v) is 3.49. The van der Waals surface area contributed by atoms with Crippen molar-refractivity contribution in [2.24, 2.45) is 5.92 Å². The first-order chi connectivity index (χ1) is 9.46. The Bertz CT molecular complexity index is 320. The number of nitrogens with zero attached hydrogens (tertiary/aromatic N) is 1. The Kier molecular flexibility index (Phi) is 9.73. The van der Waals surface area contributed by atoms with Crippen LogP contribution in [0.4, 0.5) is 0 Å². The molecule has 0 fully saturated rings. The van der Waals surface area contributed by atoms with Crippen molar-refractivity contribution < 1.29 is 9.90 Å². The topological polar surface area (TPSA) is 40.5 Å². The molecule has 1 N–H and O–H groups in total. The summed E-state index contributed by atoms with van der Waals surface area (Å²) in [7, 11) is 0. The van der Waals surface area contributed by atoms with Gasteiger partial charge in [-0.3, -0.25) is 9.69 Å². The molecule has 0 aliphatic carbocycles. The van der Waals surface area contributed by atoms with Crippen LogP contribution in [0, 0.1) is 5.92 Å². The lowest BCUT2D eigenvalue weighted by atomic mass is 10.0. The van der Waals surface area contributed by atoms with E-state index in [0.29, 0.717) is 12.1 Å². The third kappa shape index (κ3) is 7.29. The van der Waals surface area contributed by atoms with Gasteiger partial charge >= 0.3 is 5.97 Å². The number of allylic oxidation sites excluding steroid dienone is 1. The summed E-state index contributed by atoms with van der Waals surface area (Å²) in [6.45, 7) is 14.6. The fourth-order valence-electron chi connectivity index (χ4n) is 2.51. The largest absolute Gasteiger partial charge is 0.481 e. The third-order valence-electron chi connectivity index (χ3n) is 3.49. The van der Waals surface area contributed by atoms with Gasteiger partial charge in [-0.25, -0.2) is 0 Å². The van der Waals surface area contributed by atoms with Crippen molar-refractivity contribution in [1.82, 2.24) is 4.90 Å². The van der Waals surface area contributed by atoms with Gasteiger partial charge in [0.15, 0.2) is 0 Å². The summed E-state index contributed by atoms with van der Waals surface area (Å²) in [5.41, 5.74) is 0. The number of carbonyl (C=O) groups is 1. The fourth-order valence-corrected chi connectivity index (χ4v) is 2.51. The average molecular weight is 279 g/mol. The molecule has 114 valence electrons. The summed E-state index contributed by atoms with van der Waals surface area (Å²) in [5, 5.41) is 9.02. The van der Waals surface area contributed by atoms with Crippen LogP contribution in [0.5, 0.6) is 0 Å². The molecule has 0 radical (unpaired) electrons. The lowest BCUT2D eigenvalue weighted by Crippen LogP contribution is -2.43. The molecular formula is C17H29NO2. The smallest absolute Gasteiger partial charge is 0.303 e. The van der Waals surface area contributed by atoms with Crippen LogP contribution in [0.25, 0.3) is 0 Å². The highest BCUT2D eigenvalue weighted by molar-refractivity contribution is 5.67. The molecule has 3 atom stereocenters. The fraction of sp³-hybridized carbons (Fsp3) is 0.588. The lowest BCUT2D eigenvalue weighted by molar-refractivity contribution is -0.137. The molecule has 3 nitrogen and oxygen atoms in total. The molecule has 0 aliphatic rings. The highest BCUT2D eigenvalue weighted by Gasteiger charge is 2.22. The van der Waals surface area contributed by atoms with Crippen LogP contribution < -0.4 is 0 Å². The predicted molar refractivity (Wildman–Crippen MR) is 85.8 cm³/mol. The molecule has 0 spiro atoms. The zero-order valence-electron chi connectivity index (χ0n) is 13.1. The minimum Gasteiger partial charge on any atom is -0.481 e. The molecule has 0 heterocycles. The van der Waals surface area contributed by atoms with Gasteiger partial charge in [0, 0.05) is 18.6 Å². The van der Waals surface area contributed by atoms with E-state index in [4.69, 9.17) is 5.11 Å². The second kappa shape index (κ2) is 10.4. The minimum absolute atomic E-state index is 0.0389. The summed E-state index contributed by atoms with van der Waals surface area (Å²) < 4.78 is 0. The number of rotatable bonds is 11. The molecular weight excluding hydrogens is 250 g/mol. The Morgan fingerprint density at radius 2 is 1.70 bits per heavy atom. The number of aliphatic carboxylic acids is 1. The Labute approximate surface area is 123 Å². The SMILES string of the molecule is C=CCC(C)N(CC(/C=C/C)CC(=O)O)C(C)CC=C. The molecule has 20 heavy (non-hydrogen) atoms. The van der Waals surface area contributed by atoms with Gasteiger partial charge in [-0.1, -0.05) is 24.3 Å². The standard InChI is InChI=1S/C17H29NO2/c1-6-9-14(4)18(15(5)10-7-2)13-16(11-8-3)12-17(19)20/h6-8,11,14-16H,1-2,9-10,12-13H2,3-5H3,(H,19,20)/b11-8+. The zero-order valence-corrected chi connectivity index (χ0v) is 13.1. The first kappa shape index (κ1) is 18.7. The van der Waals surface area contributed by atoms with E-state index in [1.54, 1.807) is 0 Å². The minimum atomic E-state index is -0.749. The Morgan fingerprint density at radius 1 is 1.20 bits per heavy atom. The normalized spacial score (nSPS) is 16.0. The Morgan fingerprint density at radius 3 is 2.05 bits per heavy atom. The highest BCUT2D eigenvalue weighted by atomic mass is 16.4. The number of carboxylic acids is 1. The van der Waals surface area contributed by atoms with E-state index in [1.807, 2.05) is 31.2 Å². The van der Waals surface area contributed by atoms with Crippen molar-refractivity contribution in [3.63, 3.8) is 0 Å². The maximum absolute atomic E-state index is 11.0. The van der Waals surface area contributed by atoms with E-state index in [1.165, 1.54) is 0 Å². The van der Waals surface area contributed by atoms with Crippen molar-refractivity contribution in [1.29, 1.82) is 0 Å². The summed E-state index contributed by atoms with van der Waals surface area (Å²) in [5.74, 6) is -0.710. The van der Waals surface area contributed by atoms with E-state index in [9.17, 15) is 4.79 Å². The van der Waals surface area contributed by atoms with Crippen LogP contribution in [0.1, 0.15) is 40.0 Å². The van der Waals surface area contributed by atoms with Crippen molar-refractivity contribution in [3.05, 3.63) is 37.5 Å². The van der Waals surface area contributed by atoms with Gasteiger partial charge < -0.3 is 5.11 Å². The van der Waals surface area contributed by atoms with Gasteiger partial charge in [0.25, 0.3) is 0 Å². The summed E-state index contributed by atoms with van der Waals surface area (Å²) in [4.78, 5) is 13.3. The average Bonchev–Trinajstić information content (AvgIpc) is 2.35. The molecule has 0 saturated heterocycles. The van der Waals surface area contributed by atoms with Crippen LogP contribution in [0.3, 0.4) is 0 Å². The van der Waals surface area contributed by atoms with E-state index in [-0.39, 0.29) is 12.3 Å². The van der Waals surface area contributed by atoms with Crippen molar-refractivity contribution >= 4 is 5.97 Å². The van der Waals surface area contributed by atoms with Gasteiger partial charge in [0.2, 0.25) is 0 Å². The molecule has 0 aromatic heterocycles. The molecule has 0 aliphatic heterocycles. The maximum Gasteiger partial charge on any atom is 0.303 e. The zero-order chi connectivity index (χ0) is 15.5. The van der Waals surface area contributed by atoms with Gasteiger partial charge in [0.05, 0.1) is 6.42 Å². The second-order valence-electron chi connectivity index (χ2n) is 5.33. The maximum atomic E-state index is 11.0. The summed E-state index contributed by atoms with van der Waals surface area (Å²) in [6, 6.07) is 0.702. The Balaban J connectivity index is 4.93. The molecule has 0 saturated carbocycles. The van der Waals surface area contributed by atoms with E-state index in [0.717, 1.165) is 19.4 Å². The summed E-state index contributed by atoms with van der Waals surface area (Å²) >= 11 is 0. The van der Waals surface area contributed by atoms with Crippen LogP contribution >= 0.6 is 0 Å². The molecule has 0 bridgehead atoms. The van der Waals surface area contributed by atoms with Gasteiger partial charge in [-0.2, -0.15) is 0 Å². The van der Waals surface area contributed by atoms with E-state index in [2.05, 4.69) is 31.9 Å². The van der Waals surface area contributed by atoms with E-state index >= 15 is 0 Å². The summed E-state index contributed by atoms with van der Waals surface area (Å²) in [6.07, 6.45) is 9.72. The van der Waals surface area contributed by atoms with Gasteiger partial charge in [-0.15, -0.1) is 13.2 Å². The van der Waals surface area contributed by atoms with Crippen molar-refractivity contribution in [3.8, 4) is 0 Å². The monoisotopic (exact) mass is 279 g/mol. The highest BCUT2D eigenvalue weighted by Crippen LogP contribution is 2.18. The molecule has 3 unspecified atom stereocenters. The number of hydrogen-bond acceptors (Lipinski definition) is 2. The first-order valence-electron chi connectivity index (χ1n) is 7.28. The van der Waals surface area contributed by atoms with Crippen LogP contribution in [-0.4, -0.2) is 34.6 Å². The lowest BCUT2D eigenvalue weighted by Gasteiger charge is -2.35. The van der Waals surface area contributed by atoms with Crippen molar-refractivity contribution in [2.45, 2.75) is 52.1 Å². The van der Waals surface area contributed by atoms with Crippen LogP contribution in [-0.2, 0) is 4.79 Å². The molecule has 0 rings (SSSR count).